The molecule has 3 rings (SSSR count). The van der Waals surface area contributed by atoms with Crippen LogP contribution in [-0.4, -0.2) is 37.2 Å². The van der Waals surface area contributed by atoms with Gasteiger partial charge in [-0.2, -0.15) is 0 Å². The summed E-state index contributed by atoms with van der Waals surface area (Å²) in [6, 6.07) is 5.70. The van der Waals surface area contributed by atoms with E-state index in [9.17, 15) is 18.8 Å². The number of halogens is 1. The van der Waals surface area contributed by atoms with Crippen molar-refractivity contribution in [1.29, 1.82) is 0 Å². The van der Waals surface area contributed by atoms with Gasteiger partial charge in [-0.3, -0.25) is 14.6 Å². The molecule has 1 heterocycles. The summed E-state index contributed by atoms with van der Waals surface area (Å²) in [5.74, 6) is -4.60. The molecule has 0 aromatic heterocycles. The van der Waals surface area contributed by atoms with Gasteiger partial charge in [0.05, 0.1) is 25.2 Å². The number of carbonyl (C=O) groups excluding carboxylic acids is 3. The van der Waals surface area contributed by atoms with Crippen molar-refractivity contribution in [1.82, 2.24) is 0 Å². The molecule has 0 unspecified atom stereocenters. The number of nitrogens with zero attached hydrogens (tertiary/aromatic N) is 1. The second-order valence-electron chi connectivity index (χ2n) is 7.83. The smallest absolute Gasteiger partial charge is 0.336 e. The van der Waals surface area contributed by atoms with E-state index in [0.29, 0.717) is 29.8 Å². The number of hydrogen-bond acceptors (Lipinski definition) is 6. The Balaban J connectivity index is 2.14. The van der Waals surface area contributed by atoms with Crippen molar-refractivity contribution >= 4 is 23.4 Å². The van der Waals surface area contributed by atoms with Gasteiger partial charge in [-0.15, -0.1) is 0 Å². The lowest BCUT2D eigenvalue weighted by atomic mass is 9.64. The van der Waals surface area contributed by atoms with E-state index in [-0.39, 0.29) is 23.9 Å². The molecule has 1 aromatic rings. The first-order chi connectivity index (χ1) is 14.3. The summed E-state index contributed by atoms with van der Waals surface area (Å²) in [7, 11) is 1.25. The van der Waals surface area contributed by atoms with Crippen LogP contribution in [0.25, 0.3) is 0 Å². The predicted octanol–water partition coefficient (Wildman–Crippen LogP) is 3.61. The monoisotopic (exact) mass is 415 g/mol. The number of methoxy groups -OCH3 is 1. The van der Waals surface area contributed by atoms with Gasteiger partial charge in [0.1, 0.15) is 11.7 Å². The first kappa shape index (κ1) is 21.9. The van der Waals surface area contributed by atoms with Crippen LogP contribution in [0, 0.1) is 23.6 Å². The highest BCUT2D eigenvalue weighted by Crippen LogP contribution is 2.45. The van der Waals surface area contributed by atoms with E-state index in [1.54, 1.807) is 19.1 Å². The minimum atomic E-state index is -0.937. The van der Waals surface area contributed by atoms with Gasteiger partial charge in [0.25, 0.3) is 0 Å². The van der Waals surface area contributed by atoms with Crippen LogP contribution >= 0.6 is 0 Å². The number of carbonyl (C=O) groups is 3. The van der Waals surface area contributed by atoms with Crippen LogP contribution < -0.4 is 0 Å². The molecule has 0 saturated heterocycles. The Kier molecular flexibility index (Phi) is 6.48. The van der Waals surface area contributed by atoms with Crippen LogP contribution in [0.1, 0.15) is 45.1 Å². The standard InChI is InChI=1S/C23H26FNO5/c1-5-10-30-23(28)18-13(3)25-16-11-12(2)17(22(27)29-4)21(26)20(16)19(18)14-6-8-15(24)9-7-14/h6-9,12,17,19-20H,5,10-11H2,1-4H3/t12-,17-,19-,20+/m1/s1. The summed E-state index contributed by atoms with van der Waals surface area (Å²) in [5, 5.41) is 0. The second-order valence-corrected chi connectivity index (χ2v) is 7.83. The molecule has 1 fully saturated rings. The topological polar surface area (TPSA) is 82.0 Å². The fourth-order valence-corrected chi connectivity index (χ4v) is 4.40. The molecule has 0 spiro atoms. The van der Waals surface area contributed by atoms with Gasteiger partial charge in [-0.25, -0.2) is 9.18 Å². The Morgan fingerprint density at radius 3 is 2.47 bits per heavy atom. The minimum Gasteiger partial charge on any atom is -0.468 e. The molecular formula is C23H26FNO5. The van der Waals surface area contributed by atoms with Crippen molar-refractivity contribution in [3.63, 3.8) is 0 Å². The van der Waals surface area contributed by atoms with Crippen molar-refractivity contribution in [3.8, 4) is 0 Å². The summed E-state index contributed by atoms with van der Waals surface area (Å²) >= 11 is 0. The molecule has 1 aromatic carbocycles. The Labute approximate surface area is 175 Å². The lowest BCUT2D eigenvalue weighted by Crippen LogP contribution is -2.48. The summed E-state index contributed by atoms with van der Waals surface area (Å²) in [5.41, 5.74) is 1.98. The predicted molar refractivity (Wildman–Crippen MR) is 108 cm³/mol. The maximum absolute atomic E-state index is 13.6. The average molecular weight is 415 g/mol. The molecule has 0 bridgehead atoms. The van der Waals surface area contributed by atoms with Crippen LogP contribution in [-0.2, 0) is 23.9 Å². The molecule has 1 aliphatic carbocycles. The summed E-state index contributed by atoms with van der Waals surface area (Å²) in [6.07, 6.45) is 1.08. The molecule has 30 heavy (non-hydrogen) atoms. The van der Waals surface area contributed by atoms with Gasteiger partial charge in [0, 0.05) is 17.3 Å². The molecule has 1 saturated carbocycles. The van der Waals surface area contributed by atoms with E-state index >= 15 is 0 Å². The largest absolute Gasteiger partial charge is 0.468 e. The third kappa shape index (κ3) is 3.93. The Hall–Kier alpha value is -2.83. The first-order valence-corrected chi connectivity index (χ1v) is 10.1. The third-order valence-electron chi connectivity index (χ3n) is 5.76. The number of ketones is 1. The number of esters is 2. The van der Waals surface area contributed by atoms with Crippen molar-refractivity contribution in [2.45, 2.75) is 39.5 Å². The molecule has 160 valence electrons. The van der Waals surface area contributed by atoms with Gasteiger partial charge in [0.2, 0.25) is 0 Å². The van der Waals surface area contributed by atoms with Crippen LogP contribution in [0.15, 0.2) is 40.5 Å². The van der Waals surface area contributed by atoms with Crippen LogP contribution in [0.4, 0.5) is 4.39 Å². The van der Waals surface area contributed by atoms with Gasteiger partial charge in [-0.1, -0.05) is 26.0 Å². The highest BCUT2D eigenvalue weighted by molar-refractivity contribution is 6.17. The zero-order valence-electron chi connectivity index (χ0n) is 17.6. The number of hydrogen-bond donors (Lipinski definition) is 0. The third-order valence-corrected chi connectivity index (χ3v) is 5.76. The number of Topliss-reactive ketones (excluding diaryl/α,β-unsaturated/α-hetero) is 1. The maximum atomic E-state index is 13.6. The molecule has 2 aliphatic rings. The van der Waals surface area contributed by atoms with E-state index in [2.05, 4.69) is 4.99 Å². The van der Waals surface area contributed by atoms with Crippen molar-refractivity contribution in [3.05, 3.63) is 46.9 Å². The number of aliphatic imine (C=N–C) groups is 1. The number of fused-ring (bicyclic) bond motifs is 1. The first-order valence-electron chi connectivity index (χ1n) is 10.1. The molecule has 1 aliphatic heterocycles. The van der Waals surface area contributed by atoms with Crippen molar-refractivity contribution in [2.75, 3.05) is 13.7 Å². The molecule has 7 heteroatoms. The van der Waals surface area contributed by atoms with E-state index < -0.39 is 35.5 Å². The van der Waals surface area contributed by atoms with E-state index in [1.807, 2.05) is 13.8 Å². The Morgan fingerprint density at radius 1 is 1.20 bits per heavy atom. The minimum absolute atomic E-state index is 0.239. The highest BCUT2D eigenvalue weighted by Gasteiger charge is 2.51. The number of rotatable bonds is 5. The zero-order valence-corrected chi connectivity index (χ0v) is 17.6. The van der Waals surface area contributed by atoms with Crippen LogP contribution in [0.3, 0.4) is 0 Å². The lowest BCUT2D eigenvalue weighted by Gasteiger charge is -2.40. The van der Waals surface area contributed by atoms with E-state index in [1.165, 1.54) is 19.2 Å². The fraction of sp³-hybridized carbons (Fsp3) is 0.478. The van der Waals surface area contributed by atoms with Crippen molar-refractivity contribution < 1.29 is 28.2 Å². The highest BCUT2D eigenvalue weighted by atomic mass is 19.1. The van der Waals surface area contributed by atoms with E-state index in [4.69, 9.17) is 9.47 Å². The summed E-state index contributed by atoms with van der Waals surface area (Å²) in [4.78, 5) is 43.3. The lowest BCUT2D eigenvalue weighted by molar-refractivity contribution is -0.152. The van der Waals surface area contributed by atoms with Crippen molar-refractivity contribution in [2.24, 2.45) is 22.7 Å². The quantitative estimate of drug-likeness (QED) is 0.542. The summed E-state index contributed by atoms with van der Waals surface area (Å²) in [6.45, 7) is 5.65. The van der Waals surface area contributed by atoms with Crippen LogP contribution in [0.5, 0.6) is 0 Å². The molecule has 6 nitrogen and oxygen atoms in total. The Morgan fingerprint density at radius 2 is 1.87 bits per heavy atom. The average Bonchev–Trinajstić information content (AvgIpc) is 2.71. The fourth-order valence-electron chi connectivity index (χ4n) is 4.40. The number of ether oxygens (including phenoxy) is 2. The SMILES string of the molecule is CCCOC(=O)C1=C(C)N=C2C[C@@H](C)[C@@H](C(=O)OC)C(=O)[C@@H]2[C@@H]1c1ccc(F)cc1. The van der Waals surface area contributed by atoms with Gasteiger partial charge in [-0.05, 0) is 43.4 Å². The molecule has 4 atom stereocenters. The molecule has 0 N–H and O–H groups in total. The zero-order chi connectivity index (χ0) is 22.0. The molecule has 0 amide bonds. The molecule has 0 radical (unpaired) electrons. The number of benzene rings is 1. The molecular weight excluding hydrogens is 389 g/mol. The second kappa shape index (κ2) is 8.90. The normalized spacial score (nSPS) is 26.0. The van der Waals surface area contributed by atoms with E-state index in [0.717, 1.165) is 0 Å². The number of allylic oxidation sites excluding steroid dienone is 1. The summed E-state index contributed by atoms with van der Waals surface area (Å²) < 4.78 is 23.8. The van der Waals surface area contributed by atoms with Gasteiger partial charge < -0.3 is 9.47 Å². The van der Waals surface area contributed by atoms with Crippen LogP contribution in [0.2, 0.25) is 0 Å². The van der Waals surface area contributed by atoms with Gasteiger partial charge in [0.15, 0.2) is 5.78 Å². The van der Waals surface area contributed by atoms with Gasteiger partial charge >= 0.3 is 11.9 Å². The Bertz CT molecular complexity index is 918. The maximum Gasteiger partial charge on any atom is 0.336 e.